The summed E-state index contributed by atoms with van der Waals surface area (Å²) in [6, 6.07) is 13.7. The van der Waals surface area contributed by atoms with Gasteiger partial charge in [0.15, 0.2) is 11.5 Å². The number of hydrogen-bond donors (Lipinski definition) is 0. The number of ether oxygens (including phenoxy) is 2. The van der Waals surface area contributed by atoms with E-state index in [1.807, 2.05) is 50.4 Å². The van der Waals surface area contributed by atoms with Crippen LogP contribution in [0.5, 0.6) is 11.5 Å². The number of hydrogen-bond acceptors (Lipinski definition) is 5. The zero-order chi connectivity index (χ0) is 19.4. The first kappa shape index (κ1) is 19.2. The van der Waals surface area contributed by atoms with Crippen LogP contribution in [-0.2, 0) is 11.2 Å². The van der Waals surface area contributed by atoms with Crippen molar-refractivity contribution in [2.75, 3.05) is 21.3 Å². The van der Waals surface area contributed by atoms with Crippen LogP contribution in [0.1, 0.15) is 30.0 Å². The van der Waals surface area contributed by atoms with Crippen molar-refractivity contribution in [1.29, 1.82) is 0 Å². The van der Waals surface area contributed by atoms with Gasteiger partial charge in [0, 0.05) is 13.5 Å². The van der Waals surface area contributed by atoms with Crippen LogP contribution in [0.15, 0.2) is 42.5 Å². The summed E-state index contributed by atoms with van der Waals surface area (Å²) in [4.78, 5) is 19.1. The van der Waals surface area contributed by atoms with Crippen LogP contribution in [0.2, 0.25) is 0 Å². The Morgan fingerprint density at radius 3 is 2.59 bits per heavy atom. The predicted molar refractivity (Wildman–Crippen MR) is 109 cm³/mol. The van der Waals surface area contributed by atoms with Gasteiger partial charge < -0.3 is 14.4 Å². The summed E-state index contributed by atoms with van der Waals surface area (Å²) in [7, 11) is 5.06. The van der Waals surface area contributed by atoms with Gasteiger partial charge in [-0.25, -0.2) is 4.98 Å². The predicted octanol–water partition coefficient (Wildman–Crippen LogP) is 4.47. The van der Waals surface area contributed by atoms with Gasteiger partial charge >= 0.3 is 0 Å². The van der Waals surface area contributed by atoms with E-state index in [1.165, 1.54) is 0 Å². The van der Waals surface area contributed by atoms with Crippen LogP contribution in [0.25, 0.3) is 10.2 Å². The molecule has 0 saturated carbocycles. The molecule has 0 spiro atoms. The molecule has 142 valence electrons. The monoisotopic (exact) mass is 384 g/mol. The molecular formula is C21H24N2O3S. The maximum Gasteiger partial charge on any atom is 0.223 e. The van der Waals surface area contributed by atoms with E-state index in [4.69, 9.17) is 9.47 Å². The van der Waals surface area contributed by atoms with Gasteiger partial charge in [-0.3, -0.25) is 4.79 Å². The van der Waals surface area contributed by atoms with E-state index in [0.29, 0.717) is 24.3 Å². The minimum absolute atomic E-state index is 0.0553. The Kier molecular flexibility index (Phi) is 5.96. The van der Waals surface area contributed by atoms with Gasteiger partial charge in [0.2, 0.25) is 5.91 Å². The highest BCUT2D eigenvalue weighted by molar-refractivity contribution is 7.18. The van der Waals surface area contributed by atoms with E-state index in [2.05, 4.69) is 11.1 Å². The van der Waals surface area contributed by atoms with Crippen molar-refractivity contribution < 1.29 is 14.3 Å². The zero-order valence-electron chi connectivity index (χ0n) is 16.1. The van der Waals surface area contributed by atoms with Crippen molar-refractivity contribution in [1.82, 2.24) is 9.88 Å². The highest BCUT2D eigenvalue weighted by atomic mass is 32.1. The molecule has 0 bridgehead atoms. The molecule has 2 aromatic carbocycles. The molecule has 0 fully saturated rings. The number of aromatic nitrogens is 1. The quantitative estimate of drug-likeness (QED) is 0.603. The van der Waals surface area contributed by atoms with E-state index < -0.39 is 0 Å². The third-order valence-corrected chi connectivity index (χ3v) is 5.92. The largest absolute Gasteiger partial charge is 0.493 e. The lowest BCUT2D eigenvalue weighted by Gasteiger charge is -2.23. The second-order valence-corrected chi connectivity index (χ2v) is 7.45. The van der Waals surface area contributed by atoms with Crippen molar-refractivity contribution >= 4 is 27.5 Å². The van der Waals surface area contributed by atoms with Gasteiger partial charge in [-0.15, -0.1) is 11.3 Å². The Bertz CT molecular complexity index is 905. The second kappa shape index (κ2) is 8.39. The Morgan fingerprint density at radius 2 is 1.89 bits per heavy atom. The first-order valence-corrected chi connectivity index (χ1v) is 9.67. The molecule has 1 aromatic heterocycles. The lowest BCUT2D eigenvalue weighted by Crippen LogP contribution is -2.29. The number of methoxy groups -OCH3 is 2. The summed E-state index contributed by atoms with van der Waals surface area (Å²) in [6.45, 7) is 2.02. The summed E-state index contributed by atoms with van der Waals surface area (Å²) < 4.78 is 11.7. The van der Waals surface area contributed by atoms with E-state index in [1.54, 1.807) is 30.5 Å². The van der Waals surface area contributed by atoms with Crippen molar-refractivity contribution in [2.45, 2.75) is 25.8 Å². The SMILES string of the molecule is COc1ccc(CCC(=O)N(C)[C@@H](C)c2nc3ccccc3s2)cc1OC. The lowest BCUT2D eigenvalue weighted by molar-refractivity contribution is -0.131. The number of nitrogens with zero attached hydrogens (tertiary/aromatic N) is 2. The number of carbonyl (C=O) groups excluding carboxylic acids is 1. The number of aryl methyl sites for hydroxylation is 1. The highest BCUT2D eigenvalue weighted by Gasteiger charge is 2.20. The van der Waals surface area contributed by atoms with Gasteiger partial charge in [-0.2, -0.15) is 0 Å². The van der Waals surface area contributed by atoms with E-state index in [0.717, 1.165) is 20.8 Å². The molecule has 3 rings (SSSR count). The molecule has 0 aliphatic heterocycles. The molecule has 0 saturated heterocycles. The van der Waals surface area contributed by atoms with Crippen LogP contribution in [-0.4, -0.2) is 37.1 Å². The molecule has 0 unspecified atom stereocenters. The number of benzene rings is 2. The summed E-state index contributed by atoms with van der Waals surface area (Å²) in [5.41, 5.74) is 2.03. The molecule has 27 heavy (non-hydrogen) atoms. The molecule has 0 aliphatic carbocycles. The molecule has 5 nitrogen and oxygen atoms in total. The number of thiazole rings is 1. The fourth-order valence-corrected chi connectivity index (χ4v) is 3.98. The summed E-state index contributed by atoms with van der Waals surface area (Å²) in [6.07, 6.45) is 1.08. The normalized spacial score (nSPS) is 12.0. The minimum atomic E-state index is -0.0553. The average Bonchev–Trinajstić information content (AvgIpc) is 3.14. The number of fused-ring (bicyclic) bond motifs is 1. The lowest BCUT2D eigenvalue weighted by atomic mass is 10.1. The molecule has 0 N–H and O–H groups in total. The van der Waals surface area contributed by atoms with Gasteiger partial charge in [-0.05, 0) is 43.2 Å². The molecule has 1 heterocycles. The number of amides is 1. The molecule has 1 amide bonds. The minimum Gasteiger partial charge on any atom is -0.493 e. The summed E-state index contributed by atoms with van der Waals surface area (Å²) in [5.74, 6) is 1.46. The standard InChI is InChI=1S/C21H24N2O3S/c1-14(21-22-16-7-5-6-8-19(16)27-21)23(2)20(24)12-10-15-9-11-17(25-3)18(13-15)26-4/h5-9,11,13-14H,10,12H2,1-4H3/t14-/m0/s1. The molecule has 3 aromatic rings. The molecule has 0 radical (unpaired) electrons. The van der Waals surface area contributed by atoms with E-state index in [9.17, 15) is 4.79 Å². The number of rotatable bonds is 7. The van der Waals surface area contributed by atoms with Gasteiger partial charge in [-0.1, -0.05) is 18.2 Å². The van der Waals surface area contributed by atoms with Gasteiger partial charge in [0.05, 0.1) is 30.5 Å². The first-order chi connectivity index (χ1) is 13.0. The Morgan fingerprint density at radius 1 is 1.15 bits per heavy atom. The van der Waals surface area contributed by atoms with Crippen LogP contribution in [0.4, 0.5) is 0 Å². The Balaban J connectivity index is 1.65. The number of para-hydroxylation sites is 1. The maximum absolute atomic E-state index is 12.7. The van der Waals surface area contributed by atoms with Gasteiger partial charge in [0.1, 0.15) is 5.01 Å². The molecular weight excluding hydrogens is 360 g/mol. The van der Waals surface area contributed by atoms with Crippen molar-refractivity contribution in [3.63, 3.8) is 0 Å². The second-order valence-electron chi connectivity index (χ2n) is 6.39. The van der Waals surface area contributed by atoms with Gasteiger partial charge in [0.25, 0.3) is 0 Å². The Labute approximate surface area is 163 Å². The summed E-state index contributed by atoms with van der Waals surface area (Å²) >= 11 is 1.64. The van der Waals surface area contributed by atoms with Crippen LogP contribution < -0.4 is 9.47 Å². The first-order valence-electron chi connectivity index (χ1n) is 8.85. The molecule has 0 aliphatic rings. The fourth-order valence-electron chi connectivity index (χ4n) is 2.91. The molecule has 1 atom stereocenters. The Hall–Kier alpha value is -2.60. The van der Waals surface area contributed by atoms with Crippen LogP contribution >= 0.6 is 11.3 Å². The smallest absolute Gasteiger partial charge is 0.223 e. The third kappa shape index (κ3) is 4.22. The number of carbonyl (C=O) groups is 1. The van der Waals surface area contributed by atoms with E-state index >= 15 is 0 Å². The highest BCUT2D eigenvalue weighted by Crippen LogP contribution is 2.30. The topological polar surface area (TPSA) is 51.7 Å². The third-order valence-electron chi connectivity index (χ3n) is 4.72. The van der Waals surface area contributed by atoms with E-state index in [-0.39, 0.29) is 11.9 Å². The van der Waals surface area contributed by atoms with Crippen LogP contribution in [0.3, 0.4) is 0 Å². The summed E-state index contributed by atoms with van der Waals surface area (Å²) in [5, 5.41) is 0.957. The average molecular weight is 385 g/mol. The van der Waals surface area contributed by atoms with Crippen molar-refractivity contribution in [3.05, 3.63) is 53.0 Å². The van der Waals surface area contributed by atoms with Crippen molar-refractivity contribution in [2.24, 2.45) is 0 Å². The maximum atomic E-state index is 12.7. The fraction of sp³-hybridized carbons (Fsp3) is 0.333. The molecule has 6 heteroatoms. The van der Waals surface area contributed by atoms with Crippen molar-refractivity contribution in [3.8, 4) is 11.5 Å². The zero-order valence-corrected chi connectivity index (χ0v) is 16.9. The van der Waals surface area contributed by atoms with Crippen LogP contribution in [0, 0.1) is 0 Å².